The maximum absolute atomic E-state index is 11.8. The smallest absolute Gasteiger partial charge is 0.339 e. The van der Waals surface area contributed by atoms with Gasteiger partial charge in [0.2, 0.25) is 0 Å². The normalized spacial score (nSPS) is 12.0. The van der Waals surface area contributed by atoms with Crippen LogP contribution in [-0.2, 0) is 0 Å². The number of hydrogen-bond acceptors (Lipinski definition) is 4. The molecule has 0 aliphatic carbocycles. The van der Waals surface area contributed by atoms with Gasteiger partial charge in [-0.25, -0.2) is 9.59 Å². The third kappa shape index (κ3) is 5.31. The van der Waals surface area contributed by atoms with Gasteiger partial charge < -0.3 is 25.7 Å². The number of aromatic carboxylic acids is 1. The van der Waals surface area contributed by atoms with Crippen molar-refractivity contribution in [3.63, 3.8) is 0 Å². The van der Waals surface area contributed by atoms with Crippen molar-refractivity contribution in [3.8, 4) is 5.75 Å². The van der Waals surface area contributed by atoms with E-state index >= 15 is 0 Å². The predicted octanol–water partition coefficient (Wildman–Crippen LogP) is 1.55. The minimum absolute atomic E-state index is 0.0443. The monoisotopic (exact) mass is 295 g/mol. The van der Waals surface area contributed by atoms with Crippen LogP contribution in [0.4, 0.5) is 10.5 Å². The molecule has 1 rings (SSSR count). The van der Waals surface area contributed by atoms with Gasteiger partial charge in [-0.1, -0.05) is 6.07 Å². The maximum atomic E-state index is 11.8. The molecule has 4 N–H and O–H groups in total. The molecule has 0 spiro atoms. The van der Waals surface area contributed by atoms with E-state index in [1.807, 2.05) is 25.9 Å². The molecular weight excluding hydrogens is 274 g/mol. The van der Waals surface area contributed by atoms with Gasteiger partial charge in [-0.15, -0.1) is 0 Å². The molecule has 0 saturated carbocycles. The lowest BCUT2D eigenvalue weighted by Crippen LogP contribution is -2.37. The Morgan fingerprint density at radius 2 is 2.00 bits per heavy atom. The summed E-state index contributed by atoms with van der Waals surface area (Å²) in [7, 11) is 3.89. The lowest BCUT2D eigenvalue weighted by atomic mass is 10.1. The fraction of sp³-hybridized carbons (Fsp3) is 0.429. The molecule has 0 fully saturated rings. The van der Waals surface area contributed by atoms with Crippen LogP contribution in [-0.4, -0.2) is 53.8 Å². The minimum Gasteiger partial charge on any atom is -0.505 e. The zero-order valence-corrected chi connectivity index (χ0v) is 12.4. The van der Waals surface area contributed by atoms with Crippen molar-refractivity contribution in [1.82, 2.24) is 10.2 Å². The highest BCUT2D eigenvalue weighted by molar-refractivity contribution is 5.97. The van der Waals surface area contributed by atoms with E-state index in [0.717, 1.165) is 13.0 Å². The highest BCUT2D eigenvalue weighted by Gasteiger charge is 2.15. The first-order chi connectivity index (χ1) is 9.81. The number of nitrogens with one attached hydrogen (secondary N) is 2. The van der Waals surface area contributed by atoms with Crippen molar-refractivity contribution >= 4 is 17.7 Å². The number of carbonyl (C=O) groups excluding carboxylic acids is 1. The standard InChI is InChI=1S/C14H21N3O4/c1-9(7-8-17(2)3)15-14(21)16-11-6-4-5-10(12(11)18)13(19)20/h4-6,9,18H,7-8H2,1-3H3,(H,19,20)(H2,15,16,21). The van der Waals surface area contributed by atoms with Gasteiger partial charge in [0.1, 0.15) is 5.56 Å². The van der Waals surface area contributed by atoms with Crippen molar-refractivity contribution in [2.45, 2.75) is 19.4 Å². The van der Waals surface area contributed by atoms with Crippen LogP contribution in [0.3, 0.4) is 0 Å². The van der Waals surface area contributed by atoms with Crippen LogP contribution in [0, 0.1) is 0 Å². The van der Waals surface area contributed by atoms with Crippen LogP contribution in [0.25, 0.3) is 0 Å². The van der Waals surface area contributed by atoms with Crippen molar-refractivity contribution in [1.29, 1.82) is 0 Å². The molecule has 0 bridgehead atoms. The number of hydrogen-bond donors (Lipinski definition) is 4. The molecule has 0 aliphatic rings. The van der Waals surface area contributed by atoms with E-state index in [1.54, 1.807) is 0 Å². The van der Waals surface area contributed by atoms with E-state index in [-0.39, 0.29) is 17.3 Å². The number of nitrogens with zero attached hydrogens (tertiary/aromatic N) is 1. The number of anilines is 1. The summed E-state index contributed by atoms with van der Waals surface area (Å²) >= 11 is 0. The SMILES string of the molecule is CC(CCN(C)C)NC(=O)Nc1cccc(C(=O)O)c1O. The Hall–Kier alpha value is -2.28. The summed E-state index contributed by atoms with van der Waals surface area (Å²) in [4.78, 5) is 24.7. The van der Waals surface area contributed by atoms with Crippen LogP contribution in [0.5, 0.6) is 5.75 Å². The molecule has 2 amide bonds. The summed E-state index contributed by atoms with van der Waals surface area (Å²) in [5.74, 6) is -1.71. The average Bonchev–Trinajstić information content (AvgIpc) is 2.38. The first kappa shape index (κ1) is 16.8. The fourth-order valence-electron chi connectivity index (χ4n) is 1.72. The lowest BCUT2D eigenvalue weighted by molar-refractivity contribution is 0.0693. The molecule has 1 aromatic carbocycles. The summed E-state index contributed by atoms with van der Waals surface area (Å²) in [6, 6.07) is 3.62. The van der Waals surface area contributed by atoms with Gasteiger partial charge >= 0.3 is 12.0 Å². The molecule has 7 nitrogen and oxygen atoms in total. The third-order valence-electron chi connectivity index (χ3n) is 2.90. The van der Waals surface area contributed by atoms with Crippen molar-refractivity contribution in [2.75, 3.05) is 26.0 Å². The van der Waals surface area contributed by atoms with Crippen molar-refractivity contribution < 1.29 is 19.8 Å². The second-order valence-electron chi connectivity index (χ2n) is 5.10. The molecule has 21 heavy (non-hydrogen) atoms. The number of phenols is 1. The summed E-state index contributed by atoms with van der Waals surface area (Å²) in [6.45, 7) is 2.71. The fourth-order valence-corrected chi connectivity index (χ4v) is 1.72. The maximum Gasteiger partial charge on any atom is 0.339 e. The number of rotatable bonds is 6. The number of amides is 2. The van der Waals surface area contributed by atoms with Crippen LogP contribution >= 0.6 is 0 Å². The average molecular weight is 295 g/mol. The Morgan fingerprint density at radius 1 is 1.33 bits per heavy atom. The molecular formula is C14H21N3O4. The summed E-state index contributed by atoms with van der Waals surface area (Å²) < 4.78 is 0. The molecule has 0 aromatic heterocycles. The molecule has 0 saturated heterocycles. The predicted molar refractivity (Wildman–Crippen MR) is 79.9 cm³/mol. The van der Waals surface area contributed by atoms with Crippen LogP contribution in [0.15, 0.2) is 18.2 Å². The first-order valence-corrected chi connectivity index (χ1v) is 6.58. The van der Waals surface area contributed by atoms with Gasteiger partial charge in [-0.2, -0.15) is 0 Å². The van der Waals surface area contributed by atoms with Gasteiger partial charge in [0.05, 0.1) is 5.69 Å². The number of carboxylic acid groups (broad SMARTS) is 1. The minimum atomic E-state index is -1.25. The van der Waals surface area contributed by atoms with E-state index in [1.165, 1.54) is 18.2 Å². The van der Waals surface area contributed by atoms with Gasteiger partial charge in [0, 0.05) is 6.04 Å². The molecule has 7 heteroatoms. The summed E-state index contributed by atoms with van der Waals surface area (Å²) in [6.07, 6.45) is 0.779. The topological polar surface area (TPSA) is 102 Å². The molecule has 1 aromatic rings. The summed E-state index contributed by atoms with van der Waals surface area (Å²) in [5.41, 5.74) is -0.194. The zero-order valence-electron chi connectivity index (χ0n) is 12.4. The largest absolute Gasteiger partial charge is 0.505 e. The van der Waals surface area contributed by atoms with E-state index in [9.17, 15) is 14.7 Å². The van der Waals surface area contributed by atoms with Gasteiger partial charge in [-0.05, 0) is 46.1 Å². The molecule has 0 aliphatic heterocycles. The first-order valence-electron chi connectivity index (χ1n) is 6.58. The van der Waals surface area contributed by atoms with Crippen LogP contribution < -0.4 is 10.6 Å². The van der Waals surface area contributed by atoms with Crippen LogP contribution in [0.1, 0.15) is 23.7 Å². The Kier molecular flexibility index (Phi) is 5.98. The Labute approximate surface area is 123 Å². The van der Waals surface area contributed by atoms with Crippen molar-refractivity contribution in [2.24, 2.45) is 0 Å². The van der Waals surface area contributed by atoms with E-state index in [2.05, 4.69) is 10.6 Å². The number of aromatic hydroxyl groups is 1. The Bertz CT molecular complexity index is 517. The van der Waals surface area contributed by atoms with E-state index < -0.39 is 17.7 Å². The third-order valence-corrected chi connectivity index (χ3v) is 2.90. The van der Waals surface area contributed by atoms with Gasteiger partial charge in [-0.3, -0.25) is 0 Å². The highest BCUT2D eigenvalue weighted by atomic mass is 16.4. The van der Waals surface area contributed by atoms with E-state index in [4.69, 9.17) is 5.11 Å². The molecule has 0 radical (unpaired) electrons. The molecule has 116 valence electrons. The second-order valence-corrected chi connectivity index (χ2v) is 5.10. The Morgan fingerprint density at radius 3 is 2.57 bits per heavy atom. The second kappa shape index (κ2) is 7.49. The van der Waals surface area contributed by atoms with Crippen molar-refractivity contribution in [3.05, 3.63) is 23.8 Å². The number of urea groups is 1. The van der Waals surface area contributed by atoms with E-state index in [0.29, 0.717) is 0 Å². The lowest BCUT2D eigenvalue weighted by Gasteiger charge is -2.17. The number of benzene rings is 1. The quantitative estimate of drug-likeness (QED) is 0.596. The zero-order chi connectivity index (χ0) is 16.0. The molecule has 1 atom stereocenters. The Balaban J connectivity index is 2.63. The van der Waals surface area contributed by atoms with Crippen LogP contribution in [0.2, 0.25) is 0 Å². The molecule has 1 unspecified atom stereocenters. The molecule has 0 heterocycles. The summed E-state index contributed by atoms with van der Waals surface area (Å²) in [5, 5.41) is 23.9. The number of carboxylic acids is 1. The van der Waals surface area contributed by atoms with Gasteiger partial charge in [0.15, 0.2) is 5.75 Å². The number of para-hydroxylation sites is 1. The number of carbonyl (C=O) groups is 2. The van der Waals surface area contributed by atoms with Gasteiger partial charge in [0.25, 0.3) is 0 Å². The highest BCUT2D eigenvalue weighted by Crippen LogP contribution is 2.27.